The molecule has 0 unspecified atom stereocenters. The summed E-state index contributed by atoms with van der Waals surface area (Å²) in [5, 5.41) is 5.35. The first-order valence-corrected chi connectivity index (χ1v) is 9.41. The Morgan fingerprint density at radius 2 is 1.90 bits per heavy atom. The molecule has 1 aromatic heterocycles. The van der Waals surface area contributed by atoms with Gasteiger partial charge in [-0.1, -0.05) is 6.07 Å². The Kier molecular flexibility index (Phi) is 6.86. The molecule has 10 heteroatoms. The van der Waals surface area contributed by atoms with Gasteiger partial charge in [-0.3, -0.25) is 0 Å². The molecule has 30 heavy (non-hydrogen) atoms. The zero-order valence-corrected chi connectivity index (χ0v) is 16.2. The first kappa shape index (κ1) is 21.5. The van der Waals surface area contributed by atoms with Crippen molar-refractivity contribution in [3.05, 3.63) is 42.6 Å². The van der Waals surface area contributed by atoms with Crippen molar-refractivity contribution in [1.82, 2.24) is 10.3 Å². The third-order valence-electron chi connectivity index (χ3n) is 4.59. The van der Waals surface area contributed by atoms with Gasteiger partial charge in [0.25, 0.3) is 0 Å². The zero-order chi connectivity index (χ0) is 21.6. The van der Waals surface area contributed by atoms with Crippen molar-refractivity contribution < 1.29 is 32.2 Å². The van der Waals surface area contributed by atoms with Crippen LogP contribution in [-0.2, 0) is 0 Å². The van der Waals surface area contributed by atoms with Crippen molar-refractivity contribution in [1.29, 1.82) is 0 Å². The summed E-state index contributed by atoms with van der Waals surface area (Å²) in [6.07, 6.45) is -0.227. The number of hydrogen-bond acceptors (Lipinski definition) is 5. The highest BCUT2D eigenvalue weighted by Crippen LogP contribution is 2.32. The molecule has 3 rings (SSSR count). The Morgan fingerprint density at radius 1 is 1.13 bits per heavy atom. The molecule has 2 aromatic rings. The van der Waals surface area contributed by atoms with Gasteiger partial charge in [-0.2, -0.15) is 0 Å². The standard InChI is InChI=1S/C20H22F3N3O4/c1-28-17-10-9-15(30-20(21,22)23)12-16(17)26-19(27)25-13-5-7-14(8-6-13)29-18-4-2-3-11-24-18/h2-4,9-14H,5-8H2,1H3,(H2,25,26,27). The van der Waals surface area contributed by atoms with Crippen molar-refractivity contribution in [2.45, 2.75) is 44.2 Å². The first-order valence-electron chi connectivity index (χ1n) is 9.41. The fraction of sp³-hybridized carbons (Fsp3) is 0.400. The lowest BCUT2D eigenvalue weighted by molar-refractivity contribution is -0.274. The number of carbonyl (C=O) groups is 1. The second-order valence-corrected chi connectivity index (χ2v) is 6.77. The SMILES string of the molecule is COc1ccc(OC(F)(F)F)cc1NC(=O)NC1CCC(Oc2ccccn2)CC1. The van der Waals surface area contributed by atoms with Crippen LogP contribution in [0.2, 0.25) is 0 Å². The van der Waals surface area contributed by atoms with E-state index in [-0.39, 0.29) is 23.6 Å². The number of carbonyl (C=O) groups excluding carboxylic acids is 1. The van der Waals surface area contributed by atoms with Gasteiger partial charge in [0, 0.05) is 24.4 Å². The van der Waals surface area contributed by atoms with Crippen LogP contribution in [0.15, 0.2) is 42.6 Å². The Balaban J connectivity index is 1.51. The number of amides is 2. The van der Waals surface area contributed by atoms with Gasteiger partial charge in [0.2, 0.25) is 5.88 Å². The Hall–Kier alpha value is -3.17. The van der Waals surface area contributed by atoms with Gasteiger partial charge in [0.15, 0.2) is 0 Å². The van der Waals surface area contributed by atoms with Crippen LogP contribution >= 0.6 is 0 Å². The van der Waals surface area contributed by atoms with Gasteiger partial charge in [-0.15, -0.1) is 13.2 Å². The number of urea groups is 1. The normalized spacial score (nSPS) is 18.9. The number of alkyl halides is 3. The molecular formula is C20H22F3N3O4. The summed E-state index contributed by atoms with van der Waals surface area (Å²) < 4.78 is 52.1. The quantitative estimate of drug-likeness (QED) is 0.712. The molecule has 162 valence electrons. The Labute approximate surface area is 171 Å². The molecule has 0 atom stereocenters. The molecule has 2 amide bonds. The van der Waals surface area contributed by atoms with E-state index in [4.69, 9.17) is 9.47 Å². The number of ether oxygens (including phenoxy) is 3. The van der Waals surface area contributed by atoms with Crippen molar-refractivity contribution in [2.75, 3.05) is 12.4 Å². The van der Waals surface area contributed by atoms with E-state index in [0.717, 1.165) is 25.0 Å². The van der Waals surface area contributed by atoms with Gasteiger partial charge < -0.3 is 24.8 Å². The lowest BCUT2D eigenvalue weighted by atomic mass is 9.93. The largest absolute Gasteiger partial charge is 0.573 e. The summed E-state index contributed by atoms with van der Waals surface area (Å²) in [5.74, 6) is 0.331. The van der Waals surface area contributed by atoms with Gasteiger partial charge in [-0.05, 0) is 43.9 Å². The molecule has 0 radical (unpaired) electrons. The topological polar surface area (TPSA) is 81.7 Å². The van der Waals surface area contributed by atoms with Gasteiger partial charge in [-0.25, -0.2) is 9.78 Å². The van der Waals surface area contributed by atoms with Crippen molar-refractivity contribution >= 4 is 11.7 Å². The third-order valence-corrected chi connectivity index (χ3v) is 4.59. The van der Waals surface area contributed by atoms with Gasteiger partial charge in [0.05, 0.1) is 12.8 Å². The highest BCUT2D eigenvalue weighted by atomic mass is 19.4. The summed E-state index contributed by atoms with van der Waals surface area (Å²) in [5.41, 5.74) is 0.0731. The molecule has 1 aliphatic rings. The molecule has 1 aromatic carbocycles. The maximum absolute atomic E-state index is 12.4. The fourth-order valence-corrected chi connectivity index (χ4v) is 3.24. The second kappa shape index (κ2) is 9.55. The van der Waals surface area contributed by atoms with Crippen LogP contribution in [0.5, 0.6) is 17.4 Å². The van der Waals surface area contributed by atoms with Crippen LogP contribution in [0, 0.1) is 0 Å². The van der Waals surface area contributed by atoms with Crippen molar-refractivity contribution in [3.63, 3.8) is 0 Å². The molecule has 0 spiro atoms. The summed E-state index contributed by atoms with van der Waals surface area (Å²) >= 11 is 0. The molecule has 1 fully saturated rings. The molecule has 1 heterocycles. The van der Waals surface area contributed by atoms with Gasteiger partial charge in [0.1, 0.15) is 17.6 Å². The molecule has 1 saturated carbocycles. The molecule has 1 aliphatic carbocycles. The van der Waals surface area contributed by atoms with Crippen LogP contribution in [0.25, 0.3) is 0 Å². The average molecular weight is 425 g/mol. The molecule has 0 bridgehead atoms. The van der Waals surface area contributed by atoms with E-state index in [1.165, 1.54) is 13.2 Å². The molecule has 2 N–H and O–H groups in total. The summed E-state index contributed by atoms with van der Waals surface area (Å²) in [4.78, 5) is 16.5. The third kappa shape index (κ3) is 6.43. The predicted octanol–water partition coefficient (Wildman–Crippen LogP) is 4.50. The molecule has 0 saturated heterocycles. The maximum atomic E-state index is 12.4. The minimum atomic E-state index is -4.83. The van der Waals surface area contributed by atoms with Crippen LogP contribution in [0.1, 0.15) is 25.7 Å². The van der Waals surface area contributed by atoms with E-state index in [1.807, 2.05) is 12.1 Å². The van der Waals surface area contributed by atoms with E-state index < -0.39 is 18.1 Å². The lowest BCUT2D eigenvalue weighted by Crippen LogP contribution is -2.41. The van der Waals surface area contributed by atoms with E-state index in [9.17, 15) is 18.0 Å². The molecular weight excluding hydrogens is 403 g/mol. The second-order valence-electron chi connectivity index (χ2n) is 6.77. The number of anilines is 1. The van der Waals surface area contributed by atoms with Crippen LogP contribution in [0.4, 0.5) is 23.7 Å². The number of rotatable bonds is 6. The summed E-state index contributed by atoms with van der Waals surface area (Å²) in [7, 11) is 1.35. The molecule has 0 aliphatic heterocycles. The van der Waals surface area contributed by atoms with E-state index in [2.05, 4.69) is 20.4 Å². The minimum Gasteiger partial charge on any atom is -0.495 e. The van der Waals surface area contributed by atoms with Crippen LogP contribution in [0.3, 0.4) is 0 Å². The van der Waals surface area contributed by atoms with E-state index in [0.29, 0.717) is 18.7 Å². The smallest absolute Gasteiger partial charge is 0.495 e. The van der Waals surface area contributed by atoms with E-state index >= 15 is 0 Å². The highest BCUT2D eigenvalue weighted by molar-refractivity contribution is 5.91. The lowest BCUT2D eigenvalue weighted by Gasteiger charge is -2.29. The number of nitrogens with one attached hydrogen (secondary N) is 2. The number of hydrogen-bond donors (Lipinski definition) is 2. The minimum absolute atomic E-state index is 0.0253. The van der Waals surface area contributed by atoms with Crippen molar-refractivity contribution in [3.8, 4) is 17.4 Å². The number of benzene rings is 1. The van der Waals surface area contributed by atoms with E-state index in [1.54, 1.807) is 12.3 Å². The zero-order valence-electron chi connectivity index (χ0n) is 16.2. The van der Waals surface area contributed by atoms with Crippen molar-refractivity contribution in [2.24, 2.45) is 0 Å². The average Bonchev–Trinajstić information content (AvgIpc) is 2.69. The first-order chi connectivity index (χ1) is 14.3. The maximum Gasteiger partial charge on any atom is 0.573 e. The summed E-state index contributed by atoms with van der Waals surface area (Å²) in [6.45, 7) is 0. The number of nitrogens with zero attached hydrogens (tertiary/aromatic N) is 1. The number of halogens is 3. The fourth-order valence-electron chi connectivity index (χ4n) is 3.24. The number of aromatic nitrogens is 1. The molecule has 7 nitrogen and oxygen atoms in total. The van der Waals surface area contributed by atoms with Crippen LogP contribution in [-0.4, -0.2) is 36.6 Å². The highest BCUT2D eigenvalue weighted by Gasteiger charge is 2.31. The Morgan fingerprint density at radius 3 is 2.53 bits per heavy atom. The van der Waals surface area contributed by atoms with Gasteiger partial charge >= 0.3 is 12.4 Å². The predicted molar refractivity (Wildman–Crippen MR) is 103 cm³/mol. The Bertz CT molecular complexity index is 841. The summed E-state index contributed by atoms with van der Waals surface area (Å²) in [6, 6.07) is 8.30. The monoisotopic (exact) mass is 425 g/mol. The van der Waals surface area contributed by atoms with Crippen LogP contribution < -0.4 is 24.8 Å². The number of methoxy groups -OCH3 is 1. The number of pyridine rings is 1.